The first-order valence-corrected chi connectivity index (χ1v) is 10.8. The van der Waals surface area contributed by atoms with Crippen molar-refractivity contribution in [3.8, 4) is 0 Å². The van der Waals surface area contributed by atoms with Crippen LogP contribution in [0, 0.1) is 6.92 Å². The molecule has 1 saturated heterocycles. The van der Waals surface area contributed by atoms with Gasteiger partial charge in [-0.05, 0) is 49.2 Å². The number of hydroxylamine groups is 1. The standard InChI is InChI=1S/C25H30N4O2/c1-18-21(22-5-3-4-6-23(22)26-18)13-14-29-16-15-28(2)17-24(29)20-10-7-19(8-11-20)9-12-25(30)27-31/h3-12,24,26,31H,13-17H2,1-2H3,(H,27,30). The predicted molar refractivity (Wildman–Crippen MR) is 124 cm³/mol. The monoisotopic (exact) mass is 418 g/mol. The van der Waals surface area contributed by atoms with Crippen molar-refractivity contribution in [3.63, 3.8) is 0 Å². The van der Waals surface area contributed by atoms with Crippen molar-refractivity contribution in [2.24, 2.45) is 0 Å². The van der Waals surface area contributed by atoms with Crippen LogP contribution in [0.15, 0.2) is 54.6 Å². The first-order chi connectivity index (χ1) is 15.0. The Kier molecular flexibility index (Phi) is 6.51. The van der Waals surface area contributed by atoms with Gasteiger partial charge in [0.25, 0.3) is 5.91 Å². The lowest BCUT2D eigenvalue weighted by molar-refractivity contribution is -0.124. The third-order valence-electron chi connectivity index (χ3n) is 6.23. The van der Waals surface area contributed by atoms with Crippen LogP contribution in [0.1, 0.15) is 28.4 Å². The van der Waals surface area contributed by atoms with Crippen molar-refractivity contribution < 1.29 is 10.0 Å². The van der Waals surface area contributed by atoms with Gasteiger partial charge in [0, 0.05) is 54.9 Å². The van der Waals surface area contributed by atoms with Gasteiger partial charge in [-0.15, -0.1) is 0 Å². The van der Waals surface area contributed by atoms with Crippen LogP contribution >= 0.6 is 0 Å². The minimum absolute atomic E-state index is 0.336. The number of H-pyrrole nitrogens is 1. The summed E-state index contributed by atoms with van der Waals surface area (Å²) < 4.78 is 0. The predicted octanol–water partition coefficient (Wildman–Crippen LogP) is 3.53. The maximum absolute atomic E-state index is 11.2. The summed E-state index contributed by atoms with van der Waals surface area (Å²) >= 11 is 0. The smallest absolute Gasteiger partial charge is 0.267 e. The van der Waals surface area contributed by atoms with Crippen molar-refractivity contribution >= 4 is 22.9 Å². The highest BCUT2D eigenvalue weighted by molar-refractivity contribution is 5.90. The van der Waals surface area contributed by atoms with E-state index in [1.165, 1.54) is 33.8 Å². The van der Waals surface area contributed by atoms with Gasteiger partial charge in [-0.3, -0.25) is 14.9 Å². The summed E-state index contributed by atoms with van der Waals surface area (Å²) in [6, 6.07) is 17.2. The number of amides is 1. The van der Waals surface area contributed by atoms with Gasteiger partial charge in [0.15, 0.2) is 0 Å². The molecule has 6 nitrogen and oxygen atoms in total. The van der Waals surface area contributed by atoms with Crippen LogP contribution in [0.2, 0.25) is 0 Å². The molecule has 1 aliphatic rings. The van der Waals surface area contributed by atoms with Crippen molar-refractivity contribution in [1.82, 2.24) is 20.3 Å². The average molecular weight is 419 g/mol. The second kappa shape index (κ2) is 9.47. The zero-order valence-electron chi connectivity index (χ0n) is 18.1. The summed E-state index contributed by atoms with van der Waals surface area (Å²) in [6.45, 7) is 6.29. The fourth-order valence-corrected chi connectivity index (χ4v) is 4.49. The normalized spacial score (nSPS) is 18.1. The largest absolute Gasteiger partial charge is 0.358 e. The highest BCUT2D eigenvalue weighted by atomic mass is 16.5. The highest BCUT2D eigenvalue weighted by Gasteiger charge is 2.26. The van der Waals surface area contributed by atoms with Crippen LogP contribution in [0.5, 0.6) is 0 Å². The maximum atomic E-state index is 11.2. The summed E-state index contributed by atoms with van der Waals surface area (Å²) in [5.74, 6) is -0.531. The van der Waals surface area contributed by atoms with E-state index in [-0.39, 0.29) is 0 Å². The SMILES string of the molecule is Cc1[nH]c2ccccc2c1CCN1CCN(C)CC1c1ccc(C=CC(=O)NO)cc1. The van der Waals surface area contributed by atoms with Gasteiger partial charge in [-0.25, -0.2) is 5.48 Å². The van der Waals surface area contributed by atoms with E-state index in [4.69, 9.17) is 5.21 Å². The number of rotatable bonds is 6. The van der Waals surface area contributed by atoms with E-state index in [2.05, 4.69) is 65.2 Å². The summed E-state index contributed by atoms with van der Waals surface area (Å²) in [7, 11) is 2.18. The Balaban J connectivity index is 1.50. The second-order valence-corrected chi connectivity index (χ2v) is 8.31. The summed E-state index contributed by atoms with van der Waals surface area (Å²) in [5, 5.41) is 9.94. The molecule has 1 fully saturated rings. The number of para-hydroxylation sites is 1. The van der Waals surface area contributed by atoms with Gasteiger partial charge in [-0.2, -0.15) is 0 Å². The number of hydrogen-bond donors (Lipinski definition) is 3. The molecule has 1 aromatic heterocycles. The molecule has 3 N–H and O–H groups in total. The van der Waals surface area contributed by atoms with E-state index in [0.717, 1.165) is 38.2 Å². The molecule has 0 saturated carbocycles. The van der Waals surface area contributed by atoms with E-state index in [9.17, 15) is 4.79 Å². The number of piperazine rings is 1. The minimum Gasteiger partial charge on any atom is -0.358 e. The zero-order valence-corrected chi connectivity index (χ0v) is 18.1. The van der Waals surface area contributed by atoms with E-state index in [0.29, 0.717) is 6.04 Å². The van der Waals surface area contributed by atoms with Gasteiger partial charge >= 0.3 is 0 Å². The number of aromatic nitrogens is 1. The number of fused-ring (bicyclic) bond motifs is 1. The Morgan fingerprint density at radius 3 is 2.74 bits per heavy atom. The lowest BCUT2D eigenvalue weighted by Crippen LogP contribution is -2.47. The van der Waals surface area contributed by atoms with Crippen LogP contribution in [0.4, 0.5) is 0 Å². The molecule has 4 rings (SSSR count). The number of likely N-dealkylation sites (N-methyl/N-ethyl adjacent to an activating group) is 1. The second-order valence-electron chi connectivity index (χ2n) is 8.31. The maximum Gasteiger partial charge on any atom is 0.267 e. The number of aromatic amines is 1. The van der Waals surface area contributed by atoms with Crippen LogP contribution in [0.25, 0.3) is 17.0 Å². The van der Waals surface area contributed by atoms with Crippen molar-refractivity contribution in [1.29, 1.82) is 0 Å². The van der Waals surface area contributed by atoms with Gasteiger partial charge in [0.1, 0.15) is 0 Å². The van der Waals surface area contributed by atoms with Crippen molar-refractivity contribution in [2.75, 3.05) is 33.2 Å². The molecule has 0 bridgehead atoms. The molecule has 0 aliphatic carbocycles. The van der Waals surface area contributed by atoms with Gasteiger partial charge < -0.3 is 9.88 Å². The molecule has 1 amide bonds. The highest BCUT2D eigenvalue weighted by Crippen LogP contribution is 2.28. The molecule has 6 heteroatoms. The Labute approximate surface area is 183 Å². The molecule has 2 heterocycles. The van der Waals surface area contributed by atoms with Gasteiger partial charge in [0.05, 0.1) is 0 Å². The molecule has 1 aliphatic heterocycles. The van der Waals surface area contributed by atoms with E-state index in [1.807, 2.05) is 12.1 Å². The first-order valence-electron chi connectivity index (χ1n) is 10.8. The molecular formula is C25H30N4O2. The quantitative estimate of drug-likeness (QED) is 0.325. The van der Waals surface area contributed by atoms with Crippen LogP contribution < -0.4 is 5.48 Å². The van der Waals surface area contributed by atoms with Crippen LogP contribution in [-0.4, -0.2) is 59.1 Å². The fourth-order valence-electron chi connectivity index (χ4n) is 4.49. The minimum atomic E-state index is -0.531. The average Bonchev–Trinajstić information content (AvgIpc) is 3.11. The summed E-state index contributed by atoms with van der Waals surface area (Å²) in [5.41, 5.74) is 7.70. The van der Waals surface area contributed by atoms with E-state index >= 15 is 0 Å². The van der Waals surface area contributed by atoms with Crippen molar-refractivity contribution in [2.45, 2.75) is 19.4 Å². The number of nitrogens with zero attached hydrogens (tertiary/aromatic N) is 2. The third kappa shape index (κ3) is 4.88. The lowest BCUT2D eigenvalue weighted by Gasteiger charge is -2.40. The van der Waals surface area contributed by atoms with Crippen molar-refractivity contribution in [3.05, 3.63) is 77.0 Å². The van der Waals surface area contributed by atoms with E-state index in [1.54, 1.807) is 11.6 Å². The number of nitrogens with one attached hydrogen (secondary N) is 2. The molecule has 2 aromatic carbocycles. The Morgan fingerprint density at radius 2 is 1.97 bits per heavy atom. The van der Waals surface area contributed by atoms with Gasteiger partial charge in [-0.1, -0.05) is 42.5 Å². The van der Waals surface area contributed by atoms with Crippen LogP contribution in [0.3, 0.4) is 0 Å². The zero-order chi connectivity index (χ0) is 21.8. The molecule has 1 unspecified atom stereocenters. The number of carbonyl (C=O) groups excluding carboxylic acids is 1. The summed E-state index contributed by atoms with van der Waals surface area (Å²) in [6.07, 6.45) is 4.03. The number of hydrogen-bond acceptors (Lipinski definition) is 4. The number of aryl methyl sites for hydroxylation is 1. The first kappa shape index (κ1) is 21.3. The number of carbonyl (C=O) groups is 1. The fraction of sp³-hybridized carbons (Fsp3) is 0.320. The topological polar surface area (TPSA) is 71.6 Å². The Hall–Kier alpha value is -2.93. The molecular weight excluding hydrogens is 388 g/mol. The number of benzene rings is 2. The van der Waals surface area contributed by atoms with E-state index < -0.39 is 5.91 Å². The lowest BCUT2D eigenvalue weighted by atomic mass is 9.99. The molecule has 0 radical (unpaired) electrons. The van der Waals surface area contributed by atoms with Gasteiger partial charge in [0.2, 0.25) is 0 Å². The third-order valence-corrected chi connectivity index (χ3v) is 6.23. The van der Waals surface area contributed by atoms with Crippen LogP contribution in [-0.2, 0) is 11.2 Å². The molecule has 162 valence electrons. The summed E-state index contributed by atoms with van der Waals surface area (Å²) in [4.78, 5) is 19.7. The molecule has 1 atom stereocenters. The Morgan fingerprint density at radius 1 is 1.19 bits per heavy atom. The molecule has 0 spiro atoms. The Bertz CT molecular complexity index is 1070. The molecule has 3 aromatic rings. The molecule has 31 heavy (non-hydrogen) atoms.